The van der Waals surface area contributed by atoms with E-state index in [2.05, 4.69) is 21.3 Å². The third kappa shape index (κ3) is 12.2. The van der Waals surface area contributed by atoms with Crippen molar-refractivity contribution in [2.45, 2.75) is 83.1 Å². The van der Waals surface area contributed by atoms with E-state index in [0.717, 1.165) is 83.1 Å². The Labute approximate surface area is 201 Å². The van der Waals surface area contributed by atoms with Gasteiger partial charge in [-0.25, -0.2) is 0 Å². The highest BCUT2D eigenvalue weighted by molar-refractivity contribution is 5.81. The SMILES string of the molecule is NCCCNCCCCNCCCNC(=O)[C@@H](N)CCCCNC(=O)CC1CC2CC[C@H]1C2. The van der Waals surface area contributed by atoms with Crippen molar-refractivity contribution in [1.82, 2.24) is 21.3 Å². The second-order valence-electron chi connectivity index (χ2n) is 10.1. The van der Waals surface area contributed by atoms with Gasteiger partial charge in [-0.1, -0.05) is 6.42 Å². The summed E-state index contributed by atoms with van der Waals surface area (Å²) < 4.78 is 0. The second kappa shape index (κ2) is 17.2. The Hall–Kier alpha value is -1.22. The molecule has 0 spiro atoms. The summed E-state index contributed by atoms with van der Waals surface area (Å²) in [6.45, 7) is 6.04. The number of fused-ring (bicyclic) bond motifs is 2. The molecule has 2 aliphatic carbocycles. The van der Waals surface area contributed by atoms with Crippen LogP contribution in [0.2, 0.25) is 0 Å². The lowest BCUT2D eigenvalue weighted by Crippen LogP contribution is -2.41. The predicted molar refractivity (Wildman–Crippen MR) is 135 cm³/mol. The van der Waals surface area contributed by atoms with Gasteiger partial charge in [0, 0.05) is 19.5 Å². The number of nitrogens with one attached hydrogen (secondary N) is 4. The summed E-state index contributed by atoms with van der Waals surface area (Å²) in [5.41, 5.74) is 11.5. The average molecular weight is 467 g/mol. The molecule has 0 aromatic heterocycles. The number of amides is 2. The van der Waals surface area contributed by atoms with Crippen LogP contribution in [0.5, 0.6) is 0 Å². The smallest absolute Gasteiger partial charge is 0.236 e. The fourth-order valence-electron chi connectivity index (χ4n) is 5.32. The predicted octanol–water partition coefficient (Wildman–Crippen LogP) is 1.24. The molecule has 0 saturated heterocycles. The van der Waals surface area contributed by atoms with E-state index in [-0.39, 0.29) is 11.8 Å². The molecule has 0 aromatic rings. The molecule has 33 heavy (non-hydrogen) atoms. The van der Waals surface area contributed by atoms with Gasteiger partial charge in [-0.2, -0.15) is 0 Å². The first-order valence-electron chi connectivity index (χ1n) is 13.5. The molecule has 8 nitrogen and oxygen atoms in total. The van der Waals surface area contributed by atoms with Crippen LogP contribution < -0.4 is 32.7 Å². The molecule has 2 bridgehead atoms. The number of hydrogen-bond acceptors (Lipinski definition) is 6. The van der Waals surface area contributed by atoms with Crippen LogP contribution in [0.25, 0.3) is 0 Å². The van der Waals surface area contributed by atoms with Crippen LogP contribution >= 0.6 is 0 Å². The molecule has 2 unspecified atom stereocenters. The highest BCUT2D eigenvalue weighted by Gasteiger charge is 2.39. The maximum Gasteiger partial charge on any atom is 0.236 e. The zero-order valence-electron chi connectivity index (χ0n) is 20.7. The summed E-state index contributed by atoms with van der Waals surface area (Å²) >= 11 is 0. The molecule has 0 aliphatic heterocycles. The van der Waals surface area contributed by atoms with E-state index in [9.17, 15) is 9.59 Å². The van der Waals surface area contributed by atoms with Gasteiger partial charge >= 0.3 is 0 Å². The van der Waals surface area contributed by atoms with Gasteiger partial charge in [0.1, 0.15) is 0 Å². The lowest BCUT2D eigenvalue weighted by atomic mass is 9.86. The van der Waals surface area contributed by atoms with Gasteiger partial charge < -0.3 is 32.7 Å². The van der Waals surface area contributed by atoms with Gasteiger partial charge in [-0.3, -0.25) is 9.59 Å². The van der Waals surface area contributed by atoms with Crippen LogP contribution in [-0.2, 0) is 9.59 Å². The lowest BCUT2D eigenvalue weighted by molar-refractivity contribution is -0.123. The van der Waals surface area contributed by atoms with Gasteiger partial charge in [0.15, 0.2) is 0 Å². The minimum atomic E-state index is -0.463. The highest BCUT2D eigenvalue weighted by Crippen LogP contribution is 2.49. The molecule has 0 heterocycles. The molecule has 0 radical (unpaired) electrons. The number of carbonyl (C=O) groups is 2. The first-order valence-corrected chi connectivity index (χ1v) is 13.5. The molecule has 8 heteroatoms. The monoisotopic (exact) mass is 466 g/mol. The van der Waals surface area contributed by atoms with Crippen LogP contribution in [0, 0.1) is 17.8 Å². The van der Waals surface area contributed by atoms with Gasteiger partial charge in [0.2, 0.25) is 11.8 Å². The van der Waals surface area contributed by atoms with Gasteiger partial charge in [0.05, 0.1) is 6.04 Å². The Kier molecular flexibility index (Phi) is 14.6. The van der Waals surface area contributed by atoms with E-state index < -0.39 is 6.04 Å². The quantitative estimate of drug-likeness (QED) is 0.150. The normalized spacial score (nSPS) is 22.4. The van der Waals surface area contributed by atoms with Crippen molar-refractivity contribution in [2.24, 2.45) is 29.2 Å². The molecule has 2 aliphatic rings. The zero-order chi connectivity index (χ0) is 23.7. The minimum Gasteiger partial charge on any atom is -0.356 e. The van der Waals surface area contributed by atoms with Crippen molar-refractivity contribution in [3.8, 4) is 0 Å². The van der Waals surface area contributed by atoms with E-state index in [1.165, 1.54) is 25.7 Å². The summed E-state index contributed by atoms with van der Waals surface area (Å²) in [6, 6.07) is -0.463. The molecule has 2 saturated carbocycles. The summed E-state index contributed by atoms with van der Waals surface area (Å²) in [5.74, 6) is 2.43. The van der Waals surface area contributed by atoms with Crippen molar-refractivity contribution in [1.29, 1.82) is 0 Å². The number of unbranched alkanes of at least 4 members (excludes halogenated alkanes) is 2. The third-order valence-corrected chi connectivity index (χ3v) is 7.28. The van der Waals surface area contributed by atoms with E-state index >= 15 is 0 Å². The second-order valence-corrected chi connectivity index (χ2v) is 10.1. The first kappa shape index (κ1) is 28.0. The Morgan fingerprint density at radius 3 is 2.12 bits per heavy atom. The van der Waals surface area contributed by atoms with Crippen molar-refractivity contribution >= 4 is 11.8 Å². The molecular formula is C25H50N6O2. The summed E-state index contributed by atoms with van der Waals surface area (Å²) in [4.78, 5) is 24.3. The van der Waals surface area contributed by atoms with Crippen molar-refractivity contribution in [3.05, 3.63) is 0 Å². The van der Waals surface area contributed by atoms with Crippen molar-refractivity contribution in [3.63, 3.8) is 0 Å². The minimum absolute atomic E-state index is 0.0705. The Morgan fingerprint density at radius 1 is 0.788 bits per heavy atom. The number of nitrogens with two attached hydrogens (primary N) is 2. The maximum atomic E-state index is 12.2. The number of hydrogen-bond donors (Lipinski definition) is 6. The van der Waals surface area contributed by atoms with Crippen molar-refractivity contribution < 1.29 is 9.59 Å². The molecule has 192 valence electrons. The van der Waals surface area contributed by atoms with E-state index in [1.54, 1.807) is 0 Å². The van der Waals surface area contributed by atoms with E-state index in [1.807, 2.05) is 0 Å². The standard InChI is InChI=1S/C25H50N6O2/c26-10-5-13-28-11-3-4-12-29-14-6-16-31-25(33)23(27)7-1-2-15-30-24(32)19-22-18-20-8-9-21(22)17-20/h20-23,28-29H,1-19,26-27H2,(H,30,32)(H,31,33)/t20?,21-,22?,23-/m0/s1. The molecule has 2 rings (SSSR count). The van der Waals surface area contributed by atoms with E-state index in [0.29, 0.717) is 31.8 Å². The van der Waals surface area contributed by atoms with Gasteiger partial charge in [-0.15, -0.1) is 0 Å². The molecule has 4 atom stereocenters. The lowest BCUT2D eigenvalue weighted by Gasteiger charge is -2.20. The number of carbonyl (C=O) groups excluding carboxylic acids is 2. The summed E-state index contributed by atoms with van der Waals surface area (Å²) in [5, 5.41) is 12.8. The molecule has 8 N–H and O–H groups in total. The Morgan fingerprint density at radius 2 is 1.45 bits per heavy atom. The fraction of sp³-hybridized carbons (Fsp3) is 0.920. The fourth-order valence-corrected chi connectivity index (χ4v) is 5.32. The first-order chi connectivity index (χ1) is 16.1. The van der Waals surface area contributed by atoms with Gasteiger partial charge in [0.25, 0.3) is 0 Å². The Bertz CT molecular complexity index is 547. The third-order valence-electron chi connectivity index (χ3n) is 7.28. The molecule has 2 amide bonds. The Balaban J connectivity index is 1.33. The van der Waals surface area contributed by atoms with Crippen LogP contribution in [0.1, 0.15) is 77.0 Å². The summed E-state index contributed by atoms with van der Waals surface area (Å²) in [7, 11) is 0. The molecule has 0 aromatic carbocycles. The molecule has 2 fully saturated rings. The summed E-state index contributed by atoms with van der Waals surface area (Å²) in [6.07, 6.45) is 12.6. The highest BCUT2D eigenvalue weighted by atomic mass is 16.2. The van der Waals surface area contributed by atoms with Crippen LogP contribution in [0.3, 0.4) is 0 Å². The van der Waals surface area contributed by atoms with Crippen LogP contribution in [0.15, 0.2) is 0 Å². The van der Waals surface area contributed by atoms with Crippen LogP contribution in [0.4, 0.5) is 0 Å². The topological polar surface area (TPSA) is 134 Å². The maximum absolute atomic E-state index is 12.2. The molecular weight excluding hydrogens is 416 g/mol. The number of rotatable bonds is 20. The average Bonchev–Trinajstić information content (AvgIpc) is 3.42. The zero-order valence-corrected chi connectivity index (χ0v) is 20.7. The largest absolute Gasteiger partial charge is 0.356 e. The van der Waals surface area contributed by atoms with Crippen molar-refractivity contribution in [2.75, 3.05) is 45.8 Å². The van der Waals surface area contributed by atoms with Gasteiger partial charge in [-0.05, 0) is 115 Å². The van der Waals surface area contributed by atoms with E-state index in [4.69, 9.17) is 11.5 Å². The van der Waals surface area contributed by atoms with Crippen LogP contribution in [-0.4, -0.2) is 63.7 Å².